The molecule has 7 heteroatoms. The van der Waals surface area contributed by atoms with Crippen LogP contribution in [0.4, 0.5) is 0 Å². The third kappa shape index (κ3) is 4.40. The van der Waals surface area contributed by atoms with Crippen LogP contribution in [0.3, 0.4) is 0 Å². The van der Waals surface area contributed by atoms with E-state index >= 15 is 0 Å². The third-order valence-electron chi connectivity index (χ3n) is 3.77. The molecule has 0 atom stereocenters. The summed E-state index contributed by atoms with van der Waals surface area (Å²) in [6.45, 7) is 5.36. The van der Waals surface area contributed by atoms with Crippen LogP contribution in [-0.4, -0.2) is 24.4 Å². The van der Waals surface area contributed by atoms with E-state index in [1.54, 1.807) is 19.1 Å². The van der Waals surface area contributed by atoms with Gasteiger partial charge in [-0.15, -0.1) is 0 Å². The van der Waals surface area contributed by atoms with Crippen molar-refractivity contribution in [3.63, 3.8) is 0 Å². The Kier molecular flexibility index (Phi) is 5.80. The van der Waals surface area contributed by atoms with Crippen LogP contribution in [0.5, 0.6) is 11.5 Å². The van der Waals surface area contributed by atoms with Gasteiger partial charge in [0.05, 0.1) is 11.6 Å². The van der Waals surface area contributed by atoms with E-state index in [1.807, 2.05) is 31.2 Å². The maximum Gasteiger partial charge on any atom is 0.363 e. The van der Waals surface area contributed by atoms with Gasteiger partial charge in [-0.3, -0.25) is 4.79 Å². The van der Waals surface area contributed by atoms with Gasteiger partial charge in [-0.1, -0.05) is 29.3 Å². The molecule has 28 heavy (non-hydrogen) atoms. The Hall–Kier alpha value is -3.12. The lowest BCUT2D eigenvalue weighted by atomic mass is 10.1. The fourth-order valence-electron chi connectivity index (χ4n) is 2.65. The average molecular weight is 400 g/mol. The zero-order valence-corrected chi connectivity index (χ0v) is 16.4. The van der Waals surface area contributed by atoms with Crippen LogP contribution < -0.4 is 9.47 Å². The van der Waals surface area contributed by atoms with E-state index in [0.29, 0.717) is 17.9 Å². The minimum atomic E-state index is -0.561. The van der Waals surface area contributed by atoms with Crippen LogP contribution in [0.1, 0.15) is 30.5 Å². The first-order valence-corrected chi connectivity index (χ1v) is 8.99. The molecule has 0 fully saturated rings. The molecule has 0 N–H and O–H groups in total. The summed E-state index contributed by atoms with van der Waals surface area (Å²) in [5, 5.41) is 0.183. The fourth-order valence-corrected chi connectivity index (χ4v) is 2.90. The second-order valence-electron chi connectivity index (χ2n) is 6.06. The molecule has 1 aliphatic heterocycles. The molecular weight excluding hydrogens is 382 g/mol. The molecule has 2 aromatic rings. The van der Waals surface area contributed by atoms with Crippen molar-refractivity contribution in [1.29, 1.82) is 0 Å². The van der Waals surface area contributed by atoms with Crippen molar-refractivity contribution in [3.05, 3.63) is 63.8 Å². The summed E-state index contributed by atoms with van der Waals surface area (Å²) in [6, 6.07) is 10.7. The highest BCUT2D eigenvalue weighted by molar-refractivity contribution is 6.32. The first kappa shape index (κ1) is 19.6. The molecule has 0 saturated carbocycles. The van der Waals surface area contributed by atoms with Gasteiger partial charge in [-0.2, -0.15) is 0 Å². The standard InChI is InChI=1S/C21H18ClNO5/c1-4-26-18-11-14(9-16(22)19(18)27-13(3)24)10-17-21(25)28-20(23-17)15-7-5-6-12(2)8-15/h5-11H,4H2,1-3H3. The number of nitrogens with zero attached hydrogens (tertiary/aromatic N) is 1. The number of carbonyl (C=O) groups excluding carboxylic acids is 2. The Morgan fingerprint density at radius 3 is 2.75 bits per heavy atom. The molecule has 0 bridgehead atoms. The van der Waals surface area contributed by atoms with Crippen LogP contribution in [0.15, 0.2) is 47.1 Å². The Morgan fingerprint density at radius 2 is 2.07 bits per heavy atom. The predicted molar refractivity (Wildman–Crippen MR) is 106 cm³/mol. The SMILES string of the molecule is CCOc1cc(C=C2N=C(c3cccc(C)c3)OC2=O)cc(Cl)c1OC(C)=O. The van der Waals surface area contributed by atoms with Gasteiger partial charge in [0.25, 0.3) is 0 Å². The molecule has 144 valence electrons. The molecule has 0 unspecified atom stereocenters. The molecule has 0 aromatic heterocycles. The summed E-state index contributed by atoms with van der Waals surface area (Å²) in [7, 11) is 0. The first-order valence-electron chi connectivity index (χ1n) is 8.61. The molecule has 2 aromatic carbocycles. The number of ether oxygens (including phenoxy) is 3. The van der Waals surface area contributed by atoms with Gasteiger partial charge in [0, 0.05) is 12.5 Å². The minimum absolute atomic E-state index is 0.134. The van der Waals surface area contributed by atoms with Crippen LogP contribution in [0.2, 0.25) is 5.02 Å². The van der Waals surface area contributed by atoms with Gasteiger partial charge in [0.15, 0.2) is 17.2 Å². The summed E-state index contributed by atoms with van der Waals surface area (Å²) in [5.41, 5.74) is 2.44. The lowest BCUT2D eigenvalue weighted by molar-refractivity contribution is -0.132. The predicted octanol–water partition coefficient (Wildman–Crippen LogP) is 4.32. The quantitative estimate of drug-likeness (QED) is 0.425. The molecule has 3 rings (SSSR count). The van der Waals surface area contributed by atoms with Crippen LogP contribution in [-0.2, 0) is 14.3 Å². The normalized spacial score (nSPS) is 14.6. The number of cyclic esters (lactones) is 1. The smallest absolute Gasteiger partial charge is 0.363 e. The maximum absolute atomic E-state index is 12.2. The van der Waals surface area contributed by atoms with E-state index in [9.17, 15) is 9.59 Å². The van der Waals surface area contributed by atoms with Crippen LogP contribution >= 0.6 is 11.6 Å². The van der Waals surface area contributed by atoms with Crippen molar-refractivity contribution in [2.45, 2.75) is 20.8 Å². The van der Waals surface area contributed by atoms with Crippen molar-refractivity contribution in [3.8, 4) is 11.5 Å². The molecular formula is C21H18ClNO5. The Bertz CT molecular complexity index is 1010. The molecule has 6 nitrogen and oxygen atoms in total. The molecule has 0 saturated heterocycles. The van der Waals surface area contributed by atoms with Crippen molar-refractivity contribution in [1.82, 2.24) is 0 Å². The molecule has 0 amide bonds. The number of esters is 2. The number of aliphatic imine (C=N–C) groups is 1. The highest BCUT2D eigenvalue weighted by Gasteiger charge is 2.24. The Morgan fingerprint density at radius 1 is 1.29 bits per heavy atom. The van der Waals surface area contributed by atoms with Crippen molar-refractivity contribution < 1.29 is 23.8 Å². The average Bonchev–Trinajstić information content (AvgIpc) is 2.99. The second kappa shape index (κ2) is 8.27. The van der Waals surface area contributed by atoms with E-state index in [4.69, 9.17) is 25.8 Å². The molecule has 1 heterocycles. The monoisotopic (exact) mass is 399 g/mol. The minimum Gasteiger partial charge on any atom is -0.490 e. The molecule has 0 spiro atoms. The van der Waals surface area contributed by atoms with Gasteiger partial charge in [-0.05, 0) is 49.8 Å². The third-order valence-corrected chi connectivity index (χ3v) is 4.05. The van der Waals surface area contributed by atoms with E-state index in [2.05, 4.69) is 4.99 Å². The van der Waals surface area contributed by atoms with Gasteiger partial charge in [0.2, 0.25) is 5.90 Å². The Balaban J connectivity index is 1.98. The van der Waals surface area contributed by atoms with Gasteiger partial charge in [0.1, 0.15) is 0 Å². The highest BCUT2D eigenvalue weighted by atomic mass is 35.5. The number of benzene rings is 2. The van der Waals surface area contributed by atoms with E-state index in [1.165, 1.54) is 13.0 Å². The lowest BCUT2D eigenvalue weighted by Gasteiger charge is -2.12. The van der Waals surface area contributed by atoms with E-state index in [-0.39, 0.29) is 22.4 Å². The van der Waals surface area contributed by atoms with Crippen molar-refractivity contribution >= 4 is 35.5 Å². The van der Waals surface area contributed by atoms with Crippen molar-refractivity contribution in [2.24, 2.45) is 4.99 Å². The summed E-state index contributed by atoms with van der Waals surface area (Å²) >= 11 is 6.24. The summed E-state index contributed by atoms with van der Waals surface area (Å²) in [5.74, 6) is -0.398. The second-order valence-corrected chi connectivity index (χ2v) is 6.47. The maximum atomic E-state index is 12.2. The van der Waals surface area contributed by atoms with Crippen LogP contribution in [0.25, 0.3) is 6.08 Å². The lowest BCUT2D eigenvalue weighted by Crippen LogP contribution is -2.06. The summed E-state index contributed by atoms with van der Waals surface area (Å²) < 4.78 is 15.9. The van der Waals surface area contributed by atoms with Crippen LogP contribution in [0, 0.1) is 6.92 Å². The molecule has 0 aliphatic carbocycles. The Labute approximate surface area is 167 Å². The zero-order valence-electron chi connectivity index (χ0n) is 15.6. The first-order chi connectivity index (χ1) is 13.4. The number of aryl methyl sites for hydroxylation is 1. The fraction of sp³-hybridized carbons (Fsp3) is 0.190. The zero-order chi connectivity index (χ0) is 20.3. The number of hydrogen-bond acceptors (Lipinski definition) is 6. The number of halogens is 1. The number of hydrogen-bond donors (Lipinski definition) is 0. The van der Waals surface area contributed by atoms with Gasteiger partial charge in [-0.25, -0.2) is 9.79 Å². The van der Waals surface area contributed by atoms with E-state index in [0.717, 1.165) is 11.1 Å². The summed E-state index contributed by atoms with van der Waals surface area (Å²) in [4.78, 5) is 27.8. The van der Waals surface area contributed by atoms with Gasteiger partial charge < -0.3 is 14.2 Å². The molecule has 0 radical (unpaired) electrons. The van der Waals surface area contributed by atoms with Crippen molar-refractivity contribution in [2.75, 3.05) is 6.61 Å². The summed E-state index contributed by atoms with van der Waals surface area (Å²) in [6.07, 6.45) is 1.54. The van der Waals surface area contributed by atoms with Gasteiger partial charge >= 0.3 is 11.9 Å². The largest absolute Gasteiger partial charge is 0.490 e. The number of rotatable bonds is 5. The van der Waals surface area contributed by atoms with E-state index < -0.39 is 11.9 Å². The number of carbonyl (C=O) groups is 2. The topological polar surface area (TPSA) is 74.2 Å². The molecule has 1 aliphatic rings. The highest BCUT2D eigenvalue weighted by Crippen LogP contribution is 2.37.